The molecule has 0 saturated heterocycles. The normalized spacial score (nSPS) is 11.8. The fraction of sp³-hybridized carbons (Fsp3) is 0.300. The highest BCUT2D eigenvalue weighted by Crippen LogP contribution is 2.35. The number of alkyl halides is 3. The van der Waals surface area contributed by atoms with Gasteiger partial charge < -0.3 is 9.47 Å². The van der Waals surface area contributed by atoms with Crippen LogP contribution in [0.3, 0.4) is 0 Å². The number of methoxy groups -OCH3 is 1. The first-order valence-electron chi connectivity index (χ1n) is 5.30. The van der Waals surface area contributed by atoms with Gasteiger partial charge in [0.2, 0.25) is 0 Å². The van der Waals surface area contributed by atoms with E-state index in [0.29, 0.717) is 12.1 Å². The van der Waals surface area contributed by atoms with Crippen molar-refractivity contribution in [2.45, 2.75) is 10.4 Å². The van der Waals surface area contributed by atoms with Crippen LogP contribution < -0.4 is 4.74 Å². The van der Waals surface area contributed by atoms with Crippen molar-refractivity contribution in [2.24, 2.45) is 0 Å². The summed E-state index contributed by atoms with van der Waals surface area (Å²) in [6.07, 6.45) is 0. The Bertz CT molecular complexity index is 699. The number of carbonyl (C=O) groups excluding carboxylic acids is 1. The van der Waals surface area contributed by atoms with Gasteiger partial charge >= 0.3 is 17.2 Å². The molecule has 1 rings (SSSR count). The summed E-state index contributed by atoms with van der Waals surface area (Å²) in [6, 6.07) is 1.34. The highest BCUT2D eigenvalue weighted by atomic mass is 32.2. The van der Waals surface area contributed by atoms with Gasteiger partial charge in [0.1, 0.15) is 0 Å². The Kier molecular flexibility index (Phi) is 4.96. The number of rotatable bonds is 5. The Hall–Kier alpha value is -2.37. The SMILES string of the molecule is COC(=O)COc1ccc(S(=O)(=O)C(F)(F)F)cc1[N+](=O)[O-]. The molecule has 0 atom stereocenters. The number of nitro groups is 1. The van der Waals surface area contributed by atoms with E-state index in [-0.39, 0.29) is 6.07 Å². The smallest absolute Gasteiger partial charge is 0.475 e. The zero-order valence-corrected chi connectivity index (χ0v) is 11.6. The number of nitro benzene ring substituents is 1. The average molecular weight is 343 g/mol. The van der Waals surface area contributed by atoms with Gasteiger partial charge in [-0.15, -0.1) is 0 Å². The zero-order chi connectivity index (χ0) is 17.1. The van der Waals surface area contributed by atoms with E-state index in [4.69, 9.17) is 4.74 Å². The van der Waals surface area contributed by atoms with E-state index in [1.54, 1.807) is 0 Å². The Balaban J connectivity index is 3.27. The Morgan fingerprint density at radius 1 is 1.36 bits per heavy atom. The van der Waals surface area contributed by atoms with Gasteiger partial charge in [0.15, 0.2) is 12.4 Å². The van der Waals surface area contributed by atoms with Crippen LogP contribution in [0, 0.1) is 10.1 Å². The third-order valence-electron chi connectivity index (χ3n) is 2.32. The fourth-order valence-electron chi connectivity index (χ4n) is 1.26. The van der Waals surface area contributed by atoms with Crippen LogP contribution in [0.25, 0.3) is 0 Å². The first-order chi connectivity index (χ1) is 10.0. The molecule has 0 bridgehead atoms. The molecule has 1 aromatic rings. The first kappa shape index (κ1) is 17.7. The number of hydrogen-bond donors (Lipinski definition) is 0. The lowest BCUT2D eigenvalue weighted by molar-refractivity contribution is -0.386. The van der Waals surface area contributed by atoms with Crippen LogP contribution in [0.1, 0.15) is 0 Å². The minimum absolute atomic E-state index is 0.204. The number of nitrogens with zero attached hydrogens (tertiary/aromatic N) is 1. The van der Waals surface area contributed by atoms with Gasteiger partial charge in [0, 0.05) is 6.07 Å². The standard InChI is InChI=1S/C10H8F3NO7S/c1-20-9(15)5-21-8-3-2-6(4-7(8)14(16)17)22(18,19)10(11,12)13/h2-4H,5H2,1H3. The summed E-state index contributed by atoms with van der Waals surface area (Å²) in [4.78, 5) is 19.2. The van der Waals surface area contributed by atoms with Crippen molar-refractivity contribution < 1.29 is 40.8 Å². The minimum atomic E-state index is -5.74. The van der Waals surface area contributed by atoms with Gasteiger partial charge in [-0.05, 0) is 12.1 Å². The lowest BCUT2D eigenvalue weighted by Crippen LogP contribution is -2.23. The highest BCUT2D eigenvalue weighted by Gasteiger charge is 2.47. The molecule has 12 heteroatoms. The molecule has 0 heterocycles. The van der Waals surface area contributed by atoms with Crippen LogP contribution in [0.4, 0.5) is 18.9 Å². The lowest BCUT2D eigenvalue weighted by Gasteiger charge is -2.10. The predicted molar refractivity (Wildman–Crippen MR) is 63.8 cm³/mol. The Morgan fingerprint density at radius 2 is 1.95 bits per heavy atom. The molecular formula is C10H8F3NO7S. The van der Waals surface area contributed by atoms with Crippen LogP contribution in [0.2, 0.25) is 0 Å². The molecular weight excluding hydrogens is 335 g/mol. The summed E-state index contributed by atoms with van der Waals surface area (Å²) >= 11 is 0. The van der Waals surface area contributed by atoms with E-state index in [9.17, 15) is 36.5 Å². The van der Waals surface area contributed by atoms with Gasteiger partial charge in [-0.1, -0.05) is 0 Å². The number of hydrogen-bond acceptors (Lipinski definition) is 7. The van der Waals surface area contributed by atoms with Crippen molar-refractivity contribution >= 4 is 21.5 Å². The molecule has 8 nitrogen and oxygen atoms in total. The van der Waals surface area contributed by atoms with Crippen molar-refractivity contribution in [2.75, 3.05) is 13.7 Å². The van der Waals surface area contributed by atoms with Crippen molar-refractivity contribution in [3.8, 4) is 5.75 Å². The molecule has 0 fully saturated rings. The fourth-order valence-corrected chi connectivity index (χ4v) is 2.04. The van der Waals surface area contributed by atoms with E-state index in [2.05, 4.69) is 4.74 Å². The Morgan fingerprint density at radius 3 is 2.41 bits per heavy atom. The van der Waals surface area contributed by atoms with Gasteiger partial charge in [0.25, 0.3) is 9.84 Å². The van der Waals surface area contributed by atoms with E-state index in [0.717, 1.165) is 7.11 Å². The average Bonchev–Trinajstić information content (AvgIpc) is 2.42. The molecule has 0 aromatic heterocycles. The zero-order valence-electron chi connectivity index (χ0n) is 10.8. The van der Waals surface area contributed by atoms with Crippen molar-refractivity contribution in [3.63, 3.8) is 0 Å². The number of carbonyl (C=O) groups is 1. The topological polar surface area (TPSA) is 113 Å². The van der Waals surface area contributed by atoms with Crippen LogP contribution in [0.15, 0.2) is 23.1 Å². The molecule has 0 aliphatic carbocycles. The molecule has 0 aliphatic rings. The summed E-state index contributed by atoms with van der Waals surface area (Å²) in [7, 11) is -4.71. The van der Waals surface area contributed by atoms with Crippen LogP contribution in [-0.2, 0) is 19.4 Å². The maximum absolute atomic E-state index is 12.4. The summed E-state index contributed by atoms with van der Waals surface area (Å²) in [5, 5.41) is 10.8. The molecule has 0 saturated carbocycles. The number of ether oxygens (including phenoxy) is 2. The predicted octanol–water partition coefficient (Wildman–Crippen LogP) is 1.44. The van der Waals surface area contributed by atoms with Crippen LogP contribution in [0.5, 0.6) is 5.75 Å². The van der Waals surface area contributed by atoms with E-state index < -0.39 is 49.2 Å². The Labute approximate surface area is 121 Å². The summed E-state index contributed by atoms with van der Waals surface area (Å²) in [6.45, 7) is -0.733. The summed E-state index contributed by atoms with van der Waals surface area (Å²) in [5.74, 6) is -1.46. The quantitative estimate of drug-likeness (QED) is 0.451. The molecule has 0 spiro atoms. The van der Waals surface area contributed by atoms with Gasteiger partial charge in [0.05, 0.1) is 16.9 Å². The number of halogens is 3. The molecule has 0 radical (unpaired) electrons. The second-order valence-electron chi connectivity index (χ2n) is 3.70. The third-order valence-corrected chi connectivity index (χ3v) is 3.80. The second-order valence-corrected chi connectivity index (χ2v) is 5.64. The lowest BCUT2D eigenvalue weighted by atomic mass is 10.3. The minimum Gasteiger partial charge on any atom is -0.475 e. The van der Waals surface area contributed by atoms with Crippen LogP contribution >= 0.6 is 0 Å². The maximum Gasteiger partial charge on any atom is 0.501 e. The summed E-state index contributed by atoms with van der Waals surface area (Å²) in [5.41, 5.74) is -6.64. The monoisotopic (exact) mass is 343 g/mol. The van der Waals surface area contributed by atoms with E-state index in [1.165, 1.54) is 0 Å². The first-order valence-corrected chi connectivity index (χ1v) is 6.78. The molecule has 0 aliphatic heterocycles. The van der Waals surface area contributed by atoms with Gasteiger partial charge in [-0.2, -0.15) is 13.2 Å². The van der Waals surface area contributed by atoms with Crippen molar-refractivity contribution in [3.05, 3.63) is 28.3 Å². The molecule has 0 amide bonds. The van der Waals surface area contributed by atoms with E-state index in [1.807, 2.05) is 0 Å². The maximum atomic E-state index is 12.4. The van der Waals surface area contributed by atoms with E-state index >= 15 is 0 Å². The van der Waals surface area contributed by atoms with Gasteiger partial charge in [-0.3, -0.25) is 10.1 Å². The number of benzene rings is 1. The molecule has 22 heavy (non-hydrogen) atoms. The third kappa shape index (κ3) is 3.63. The molecule has 122 valence electrons. The molecule has 0 N–H and O–H groups in total. The van der Waals surface area contributed by atoms with Crippen molar-refractivity contribution in [1.29, 1.82) is 0 Å². The largest absolute Gasteiger partial charge is 0.501 e. The van der Waals surface area contributed by atoms with Crippen LogP contribution in [-0.4, -0.2) is 38.5 Å². The number of esters is 1. The number of sulfone groups is 1. The molecule has 0 unspecified atom stereocenters. The second kappa shape index (κ2) is 6.17. The molecule has 1 aromatic carbocycles. The summed E-state index contributed by atoms with van der Waals surface area (Å²) < 4.78 is 68.5. The van der Waals surface area contributed by atoms with Crippen molar-refractivity contribution in [1.82, 2.24) is 0 Å². The highest BCUT2D eigenvalue weighted by molar-refractivity contribution is 7.92. The van der Waals surface area contributed by atoms with Gasteiger partial charge in [-0.25, -0.2) is 13.2 Å².